The van der Waals surface area contributed by atoms with E-state index in [-0.39, 0.29) is 12.4 Å². The quantitative estimate of drug-likeness (QED) is 0.619. The third-order valence-electron chi connectivity index (χ3n) is 0.984. The Morgan fingerprint density at radius 1 is 1.10 bits per heavy atom. The number of rotatable bonds is 0. The van der Waals surface area contributed by atoms with Crippen LogP contribution in [0.4, 0.5) is 0 Å². The zero-order chi connectivity index (χ0) is 6.85. The van der Waals surface area contributed by atoms with E-state index in [0.717, 1.165) is 18.3 Å². The van der Waals surface area contributed by atoms with E-state index >= 15 is 0 Å². The molecule has 0 bridgehead atoms. The van der Waals surface area contributed by atoms with Crippen molar-refractivity contribution in [1.29, 1.82) is 0 Å². The molecule has 51 valence electrons. The topological polar surface area (TPSA) is 0 Å². The van der Waals surface area contributed by atoms with E-state index in [1.807, 2.05) is 18.2 Å². The van der Waals surface area contributed by atoms with Gasteiger partial charge >= 0.3 is 73.9 Å². The first-order valence-corrected chi connectivity index (χ1v) is 4.71. The Balaban J connectivity index is 0.000000810. The summed E-state index contributed by atoms with van der Waals surface area (Å²) in [6, 6.07) is 5.70. The first kappa shape index (κ1) is 10.7. The standard InChI is InChI=1S/C6H3Cl2.ClH.Zn/c7-5-3-1-2-4-6(5)8;;/h1,3-4H;1H;. The van der Waals surface area contributed by atoms with E-state index in [1.54, 1.807) is 0 Å². The van der Waals surface area contributed by atoms with Gasteiger partial charge in [0.25, 0.3) is 0 Å². The van der Waals surface area contributed by atoms with E-state index in [1.165, 1.54) is 4.16 Å². The predicted octanol–water partition coefficient (Wildman–Crippen LogP) is 2.59. The maximum absolute atomic E-state index is 5.70. The first-order valence-electron chi connectivity index (χ1n) is 2.47. The monoisotopic (exact) mass is 245 g/mol. The summed E-state index contributed by atoms with van der Waals surface area (Å²) in [6.45, 7) is 0. The van der Waals surface area contributed by atoms with Crippen LogP contribution in [0.15, 0.2) is 18.2 Å². The van der Waals surface area contributed by atoms with Gasteiger partial charge in [0.2, 0.25) is 0 Å². The molecule has 0 spiro atoms. The van der Waals surface area contributed by atoms with Crippen LogP contribution in [0.3, 0.4) is 0 Å². The van der Waals surface area contributed by atoms with Crippen LogP contribution in [0.1, 0.15) is 0 Å². The Kier molecular flexibility index (Phi) is 4.89. The minimum atomic E-state index is 0. The molecule has 0 nitrogen and oxygen atoms in total. The van der Waals surface area contributed by atoms with Crippen LogP contribution in [-0.4, -0.2) is 0 Å². The Hall–Kier alpha value is 0.713. The second kappa shape index (κ2) is 4.56. The van der Waals surface area contributed by atoms with Gasteiger partial charge in [-0.05, 0) is 0 Å². The molecule has 0 amide bonds. The second-order valence-corrected chi connectivity index (χ2v) is 4.28. The molecular weight excluding hydrogens is 244 g/mol. The summed E-state index contributed by atoms with van der Waals surface area (Å²) in [4.78, 5) is 0. The van der Waals surface area contributed by atoms with Gasteiger partial charge in [-0.25, -0.2) is 0 Å². The van der Waals surface area contributed by atoms with Crippen molar-refractivity contribution in [1.82, 2.24) is 0 Å². The van der Waals surface area contributed by atoms with Gasteiger partial charge in [0, 0.05) is 0 Å². The molecular formula is C6H4Cl3Zn. The molecule has 0 aliphatic heterocycles. The van der Waals surface area contributed by atoms with Crippen LogP contribution < -0.4 is 4.16 Å². The van der Waals surface area contributed by atoms with Gasteiger partial charge in [-0.1, -0.05) is 0 Å². The SMILES string of the molecule is Cl.Clc1cc[c]([Zn])cc1Cl. The van der Waals surface area contributed by atoms with Crippen molar-refractivity contribution in [3.05, 3.63) is 28.2 Å². The molecule has 0 atom stereocenters. The summed E-state index contributed by atoms with van der Waals surface area (Å²) >= 11 is 12.5. The fourth-order valence-electron chi connectivity index (χ4n) is 0.540. The maximum atomic E-state index is 5.70. The zero-order valence-corrected chi connectivity index (χ0v) is 10.4. The normalized spacial score (nSPS) is 8.80. The van der Waals surface area contributed by atoms with E-state index in [0.29, 0.717) is 10.0 Å². The van der Waals surface area contributed by atoms with Crippen molar-refractivity contribution in [3.8, 4) is 0 Å². The van der Waals surface area contributed by atoms with E-state index < -0.39 is 0 Å². The van der Waals surface area contributed by atoms with Gasteiger partial charge in [-0.3, -0.25) is 0 Å². The van der Waals surface area contributed by atoms with Gasteiger partial charge in [-0.2, -0.15) is 0 Å². The predicted molar refractivity (Wildman–Crippen MR) is 43.3 cm³/mol. The fraction of sp³-hybridized carbons (Fsp3) is 0. The minimum absolute atomic E-state index is 0. The summed E-state index contributed by atoms with van der Waals surface area (Å²) in [5, 5.41) is 1.29. The zero-order valence-electron chi connectivity index (χ0n) is 5.10. The number of hydrogen-bond donors (Lipinski definition) is 0. The van der Waals surface area contributed by atoms with Gasteiger partial charge in [0.05, 0.1) is 0 Å². The molecule has 0 aliphatic carbocycles. The molecule has 10 heavy (non-hydrogen) atoms. The molecule has 0 aliphatic rings. The van der Waals surface area contributed by atoms with Crippen molar-refractivity contribution in [2.24, 2.45) is 0 Å². The molecule has 1 aromatic carbocycles. The van der Waals surface area contributed by atoms with Crippen molar-refractivity contribution < 1.29 is 18.3 Å². The van der Waals surface area contributed by atoms with E-state index in [2.05, 4.69) is 0 Å². The van der Waals surface area contributed by atoms with Crippen LogP contribution in [0, 0.1) is 0 Å². The Morgan fingerprint density at radius 2 is 1.70 bits per heavy atom. The first-order chi connectivity index (χ1) is 4.20. The van der Waals surface area contributed by atoms with E-state index in [9.17, 15) is 0 Å². The van der Waals surface area contributed by atoms with Crippen LogP contribution >= 0.6 is 35.6 Å². The third kappa shape index (κ3) is 2.76. The average molecular weight is 248 g/mol. The van der Waals surface area contributed by atoms with Crippen LogP contribution in [0.25, 0.3) is 0 Å². The Bertz CT molecular complexity index is 224. The van der Waals surface area contributed by atoms with Crippen molar-refractivity contribution >= 4 is 39.8 Å². The molecule has 1 aromatic rings. The molecule has 0 N–H and O–H groups in total. The summed E-state index contributed by atoms with van der Waals surface area (Å²) in [5.74, 6) is 0. The molecule has 4 heteroatoms. The van der Waals surface area contributed by atoms with Crippen LogP contribution in [0.5, 0.6) is 0 Å². The Labute approximate surface area is 86.0 Å². The molecule has 0 saturated heterocycles. The van der Waals surface area contributed by atoms with Gasteiger partial charge < -0.3 is 0 Å². The molecule has 0 aromatic heterocycles. The fourth-order valence-corrected chi connectivity index (χ4v) is 1.81. The van der Waals surface area contributed by atoms with Crippen molar-refractivity contribution in [2.45, 2.75) is 0 Å². The van der Waals surface area contributed by atoms with Crippen LogP contribution in [0.2, 0.25) is 10.0 Å². The molecule has 1 rings (SSSR count). The second-order valence-electron chi connectivity index (χ2n) is 1.75. The van der Waals surface area contributed by atoms with Crippen LogP contribution in [-0.2, 0) is 18.3 Å². The average Bonchev–Trinajstić information content (AvgIpc) is 1.80. The van der Waals surface area contributed by atoms with Crippen molar-refractivity contribution in [3.63, 3.8) is 0 Å². The summed E-state index contributed by atoms with van der Waals surface area (Å²) < 4.78 is 1.25. The third-order valence-corrected chi connectivity index (χ3v) is 2.65. The summed E-state index contributed by atoms with van der Waals surface area (Å²) in [5.41, 5.74) is 0. The summed E-state index contributed by atoms with van der Waals surface area (Å²) in [6.07, 6.45) is 0. The van der Waals surface area contributed by atoms with Gasteiger partial charge in [-0.15, -0.1) is 12.4 Å². The Morgan fingerprint density at radius 3 is 2.10 bits per heavy atom. The van der Waals surface area contributed by atoms with Gasteiger partial charge in [0.1, 0.15) is 0 Å². The molecule has 0 heterocycles. The number of benzene rings is 1. The molecule has 0 unspecified atom stereocenters. The van der Waals surface area contributed by atoms with Gasteiger partial charge in [0.15, 0.2) is 0 Å². The number of hydrogen-bond acceptors (Lipinski definition) is 0. The number of halogens is 3. The summed E-state index contributed by atoms with van der Waals surface area (Å²) in [7, 11) is 0. The molecule has 0 fully saturated rings. The molecule has 0 saturated carbocycles. The van der Waals surface area contributed by atoms with Crippen molar-refractivity contribution in [2.75, 3.05) is 0 Å². The molecule has 0 radical (unpaired) electrons. The van der Waals surface area contributed by atoms with E-state index in [4.69, 9.17) is 23.2 Å².